The van der Waals surface area contributed by atoms with Crippen molar-refractivity contribution in [2.45, 2.75) is 19.8 Å². The Morgan fingerprint density at radius 1 is 0.909 bits per heavy atom. The van der Waals surface area contributed by atoms with Crippen LogP contribution in [0.5, 0.6) is 0 Å². The van der Waals surface area contributed by atoms with Crippen LogP contribution in [-0.4, -0.2) is 39.9 Å². The Morgan fingerprint density at radius 3 is 2.55 bits per heavy atom. The van der Waals surface area contributed by atoms with Crippen molar-refractivity contribution in [2.24, 2.45) is 0 Å². The molecule has 1 saturated heterocycles. The molecule has 0 radical (unpaired) electrons. The van der Waals surface area contributed by atoms with Gasteiger partial charge in [-0.1, -0.05) is 6.07 Å². The standard InChI is InChI=1S/C24H22N6O2S/c1-15-4-5-17(28-22(31)16-6-7-26-21(12-16)30-10-2-3-11-30)13-18(15)29-23(32)20-14-19-24(33-20)27-9-8-25-19/h4-9,12-14H,2-3,10-11H2,1H3,(H,28,31)(H,29,32). The fraction of sp³-hybridized carbons (Fsp3) is 0.208. The number of anilines is 3. The average molecular weight is 459 g/mol. The number of carbonyl (C=O) groups excluding carboxylic acids is 2. The van der Waals surface area contributed by atoms with Gasteiger partial charge in [0.1, 0.15) is 16.2 Å². The molecule has 166 valence electrons. The highest BCUT2D eigenvalue weighted by atomic mass is 32.1. The van der Waals surface area contributed by atoms with E-state index in [1.165, 1.54) is 11.3 Å². The molecule has 0 aliphatic carbocycles. The summed E-state index contributed by atoms with van der Waals surface area (Å²) < 4.78 is 0. The number of amides is 2. The van der Waals surface area contributed by atoms with Gasteiger partial charge in [-0.05, 0) is 55.7 Å². The van der Waals surface area contributed by atoms with E-state index in [0.29, 0.717) is 32.2 Å². The lowest BCUT2D eigenvalue weighted by molar-refractivity contribution is 0.102. The maximum atomic E-state index is 12.9. The van der Waals surface area contributed by atoms with Gasteiger partial charge in [0, 0.05) is 48.6 Å². The van der Waals surface area contributed by atoms with E-state index < -0.39 is 0 Å². The molecule has 2 N–H and O–H groups in total. The van der Waals surface area contributed by atoms with E-state index >= 15 is 0 Å². The maximum absolute atomic E-state index is 12.9. The van der Waals surface area contributed by atoms with Crippen molar-refractivity contribution >= 4 is 50.7 Å². The Bertz CT molecular complexity index is 1310. The van der Waals surface area contributed by atoms with E-state index in [9.17, 15) is 9.59 Å². The van der Waals surface area contributed by atoms with E-state index in [1.807, 2.05) is 25.1 Å². The first-order valence-electron chi connectivity index (χ1n) is 10.7. The van der Waals surface area contributed by atoms with Crippen molar-refractivity contribution in [1.82, 2.24) is 15.0 Å². The zero-order chi connectivity index (χ0) is 22.8. The summed E-state index contributed by atoms with van der Waals surface area (Å²) in [5.74, 6) is 0.362. The highest BCUT2D eigenvalue weighted by Crippen LogP contribution is 2.26. The van der Waals surface area contributed by atoms with Gasteiger partial charge in [0.2, 0.25) is 0 Å². The number of nitrogens with zero attached hydrogens (tertiary/aromatic N) is 4. The van der Waals surface area contributed by atoms with Gasteiger partial charge < -0.3 is 15.5 Å². The van der Waals surface area contributed by atoms with Crippen LogP contribution in [0, 0.1) is 6.92 Å². The van der Waals surface area contributed by atoms with Crippen LogP contribution in [0.2, 0.25) is 0 Å². The molecular weight excluding hydrogens is 436 g/mol. The van der Waals surface area contributed by atoms with Gasteiger partial charge in [-0.15, -0.1) is 11.3 Å². The van der Waals surface area contributed by atoms with E-state index in [0.717, 1.165) is 37.3 Å². The number of carbonyl (C=O) groups is 2. The first kappa shape index (κ1) is 21.0. The second-order valence-corrected chi connectivity index (χ2v) is 8.92. The molecule has 8 nitrogen and oxygen atoms in total. The third kappa shape index (κ3) is 4.54. The molecular formula is C24H22N6O2S. The van der Waals surface area contributed by atoms with Crippen molar-refractivity contribution in [3.05, 3.63) is 71.0 Å². The molecule has 0 atom stereocenters. The van der Waals surface area contributed by atoms with Crippen LogP contribution in [-0.2, 0) is 0 Å². The summed E-state index contributed by atoms with van der Waals surface area (Å²) >= 11 is 1.29. The number of hydrogen-bond acceptors (Lipinski definition) is 7. The third-order valence-electron chi connectivity index (χ3n) is 5.57. The Hall–Kier alpha value is -3.85. The van der Waals surface area contributed by atoms with E-state index in [1.54, 1.807) is 36.8 Å². The molecule has 1 fully saturated rings. The number of hydrogen-bond donors (Lipinski definition) is 2. The minimum absolute atomic E-state index is 0.222. The van der Waals surface area contributed by atoms with E-state index in [2.05, 4.69) is 30.5 Å². The number of fused-ring (bicyclic) bond motifs is 1. The predicted octanol–water partition coefficient (Wildman–Crippen LogP) is 4.50. The Kier molecular flexibility index (Phi) is 5.70. The number of thiophene rings is 1. The number of aromatic nitrogens is 3. The molecule has 0 unspecified atom stereocenters. The van der Waals surface area contributed by atoms with Crippen molar-refractivity contribution < 1.29 is 9.59 Å². The normalized spacial score (nSPS) is 13.3. The molecule has 1 aliphatic heterocycles. The van der Waals surface area contributed by atoms with Crippen LogP contribution < -0.4 is 15.5 Å². The van der Waals surface area contributed by atoms with Crippen LogP contribution >= 0.6 is 11.3 Å². The van der Waals surface area contributed by atoms with Crippen LogP contribution in [0.15, 0.2) is 55.0 Å². The maximum Gasteiger partial charge on any atom is 0.265 e. The lowest BCUT2D eigenvalue weighted by Crippen LogP contribution is -2.20. The van der Waals surface area contributed by atoms with Crippen molar-refractivity contribution in [2.75, 3.05) is 28.6 Å². The van der Waals surface area contributed by atoms with E-state index in [4.69, 9.17) is 0 Å². The molecule has 33 heavy (non-hydrogen) atoms. The monoisotopic (exact) mass is 458 g/mol. The quantitative estimate of drug-likeness (QED) is 0.457. The minimum Gasteiger partial charge on any atom is -0.357 e. The molecule has 0 spiro atoms. The van der Waals surface area contributed by atoms with Crippen molar-refractivity contribution in [3.8, 4) is 0 Å². The smallest absolute Gasteiger partial charge is 0.265 e. The van der Waals surface area contributed by atoms with Crippen LogP contribution in [0.25, 0.3) is 10.3 Å². The summed E-state index contributed by atoms with van der Waals surface area (Å²) in [6, 6.07) is 10.7. The molecule has 1 aliphatic rings. The summed E-state index contributed by atoms with van der Waals surface area (Å²) in [6.45, 7) is 3.83. The molecule has 1 aromatic carbocycles. The predicted molar refractivity (Wildman–Crippen MR) is 130 cm³/mol. The first-order valence-corrected chi connectivity index (χ1v) is 11.5. The van der Waals surface area contributed by atoms with Gasteiger partial charge in [-0.3, -0.25) is 14.6 Å². The van der Waals surface area contributed by atoms with Gasteiger partial charge in [0.25, 0.3) is 11.8 Å². The first-order chi connectivity index (χ1) is 16.1. The molecule has 0 saturated carbocycles. The van der Waals surface area contributed by atoms with E-state index in [-0.39, 0.29) is 11.8 Å². The highest BCUT2D eigenvalue weighted by molar-refractivity contribution is 7.20. The van der Waals surface area contributed by atoms with Crippen LogP contribution in [0.4, 0.5) is 17.2 Å². The molecule has 9 heteroatoms. The zero-order valence-corrected chi connectivity index (χ0v) is 18.9. The SMILES string of the molecule is Cc1ccc(NC(=O)c2ccnc(N3CCCC3)c2)cc1NC(=O)c1cc2nccnc2s1. The van der Waals surface area contributed by atoms with Gasteiger partial charge >= 0.3 is 0 Å². The summed E-state index contributed by atoms with van der Waals surface area (Å²) in [5, 5.41) is 5.86. The summed E-state index contributed by atoms with van der Waals surface area (Å²) in [5.41, 5.74) is 3.35. The fourth-order valence-electron chi connectivity index (χ4n) is 3.78. The summed E-state index contributed by atoms with van der Waals surface area (Å²) in [4.78, 5) is 42.0. The number of benzene rings is 1. The third-order valence-corrected chi connectivity index (χ3v) is 6.60. The average Bonchev–Trinajstić information content (AvgIpc) is 3.51. The van der Waals surface area contributed by atoms with Crippen molar-refractivity contribution in [3.63, 3.8) is 0 Å². The molecule has 2 amide bonds. The Balaban J connectivity index is 1.31. The van der Waals surface area contributed by atoms with Gasteiger partial charge in [0.05, 0.1) is 4.88 Å². The van der Waals surface area contributed by atoms with Crippen molar-refractivity contribution in [1.29, 1.82) is 0 Å². The fourth-order valence-corrected chi connectivity index (χ4v) is 4.64. The second kappa shape index (κ2) is 8.95. The number of pyridine rings is 1. The Labute approximate surface area is 194 Å². The molecule has 5 rings (SSSR count). The van der Waals surface area contributed by atoms with Crippen LogP contribution in [0.3, 0.4) is 0 Å². The molecule has 4 heterocycles. The number of aryl methyl sites for hydroxylation is 1. The molecule has 3 aromatic heterocycles. The van der Waals surface area contributed by atoms with Gasteiger partial charge in [-0.2, -0.15) is 0 Å². The topological polar surface area (TPSA) is 100 Å². The largest absolute Gasteiger partial charge is 0.357 e. The molecule has 0 bridgehead atoms. The summed E-state index contributed by atoms with van der Waals surface area (Å²) in [7, 11) is 0. The zero-order valence-electron chi connectivity index (χ0n) is 18.0. The minimum atomic E-state index is -0.240. The lowest BCUT2D eigenvalue weighted by Gasteiger charge is -2.17. The number of rotatable bonds is 5. The lowest BCUT2D eigenvalue weighted by atomic mass is 10.1. The summed E-state index contributed by atoms with van der Waals surface area (Å²) in [6.07, 6.45) is 7.16. The number of nitrogens with one attached hydrogen (secondary N) is 2. The van der Waals surface area contributed by atoms with Gasteiger partial charge in [-0.25, -0.2) is 9.97 Å². The van der Waals surface area contributed by atoms with Gasteiger partial charge in [0.15, 0.2) is 0 Å². The van der Waals surface area contributed by atoms with Crippen LogP contribution in [0.1, 0.15) is 38.4 Å². The molecule has 4 aromatic rings. The highest BCUT2D eigenvalue weighted by Gasteiger charge is 2.17. The second-order valence-electron chi connectivity index (χ2n) is 7.89. The Morgan fingerprint density at radius 2 is 1.73 bits per heavy atom.